The van der Waals surface area contributed by atoms with Crippen molar-refractivity contribution in [3.63, 3.8) is 0 Å². The van der Waals surface area contributed by atoms with Crippen LogP contribution in [0.1, 0.15) is 0 Å². The molecule has 29 heavy (non-hydrogen) atoms. The lowest BCUT2D eigenvalue weighted by molar-refractivity contribution is 1.57. The van der Waals surface area contributed by atoms with Gasteiger partial charge in [0, 0.05) is 10.0 Å². The van der Waals surface area contributed by atoms with E-state index in [2.05, 4.69) is 131 Å². The second-order valence-electron chi connectivity index (χ2n) is 7.15. The lowest BCUT2D eigenvalue weighted by Gasteiger charge is -2.15. The molecule has 138 valence electrons. The Morgan fingerprint density at radius 2 is 1.03 bits per heavy atom. The summed E-state index contributed by atoms with van der Waals surface area (Å²) in [5.41, 5.74) is 7.33. The molecule has 0 spiro atoms. The van der Waals surface area contributed by atoms with Gasteiger partial charge in [-0.2, -0.15) is 0 Å². The van der Waals surface area contributed by atoms with Gasteiger partial charge in [-0.25, -0.2) is 0 Å². The van der Waals surface area contributed by atoms with Crippen molar-refractivity contribution in [3.05, 3.63) is 120 Å². The number of hydrogen-bond acceptors (Lipinski definition) is 0. The highest BCUT2D eigenvalue weighted by molar-refractivity contribution is 9.10. The standard InChI is InChI=1S/C28H19Br/c29-28-26(23-16-9-15-22(18-23)20-10-3-1-4-11-20)19-24-14-7-8-17-25(24)27(28)21-12-5-2-6-13-21/h1-19H. The van der Waals surface area contributed by atoms with Crippen LogP contribution in [0.2, 0.25) is 0 Å². The zero-order valence-electron chi connectivity index (χ0n) is 15.8. The number of hydrogen-bond donors (Lipinski definition) is 0. The third kappa shape index (κ3) is 3.39. The van der Waals surface area contributed by atoms with Gasteiger partial charge in [-0.15, -0.1) is 0 Å². The quantitative estimate of drug-likeness (QED) is 0.266. The van der Waals surface area contributed by atoms with Crippen LogP contribution in [0.3, 0.4) is 0 Å². The first-order valence-electron chi connectivity index (χ1n) is 9.74. The van der Waals surface area contributed by atoms with Crippen molar-refractivity contribution in [2.75, 3.05) is 0 Å². The minimum atomic E-state index is 1.13. The van der Waals surface area contributed by atoms with Crippen LogP contribution in [0.5, 0.6) is 0 Å². The van der Waals surface area contributed by atoms with E-state index in [9.17, 15) is 0 Å². The van der Waals surface area contributed by atoms with Gasteiger partial charge in [0.2, 0.25) is 0 Å². The molecule has 0 aromatic heterocycles. The Balaban J connectivity index is 1.76. The van der Waals surface area contributed by atoms with Gasteiger partial charge in [-0.05, 0) is 66.7 Å². The molecule has 0 bridgehead atoms. The van der Waals surface area contributed by atoms with Crippen LogP contribution >= 0.6 is 15.9 Å². The highest BCUT2D eigenvalue weighted by Gasteiger charge is 2.14. The Morgan fingerprint density at radius 3 is 1.79 bits per heavy atom. The lowest BCUT2D eigenvalue weighted by atomic mass is 9.92. The van der Waals surface area contributed by atoms with E-state index in [4.69, 9.17) is 0 Å². The molecular formula is C28H19Br. The third-order valence-electron chi connectivity index (χ3n) is 5.33. The smallest absolute Gasteiger partial charge is 0.0338 e. The largest absolute Gasteiger partial charge is 0.0622 e. The molecule has 0 unspecified atom stereocenters. The second kappa shape index (κ2) is 7.69. The van der Waals surface area contributed by atoms with Crippen LogP contribution in [0, 0.1) is 0 Å². The molecule has 0 saturated carbocycles. The molecule has 0 saturated heterocycles. The van der Waals surface area contributed by atoms with Crippen molar-refractivity contribution in [1.82, 2.24) is 0 Å². The maximum absolute atomic E-state index is 3.96. The summed E-state index contributed by atoms with van der Waals surface area (Å²) in [5, 5.41) is 2.50. The normalized spacial score (nSPS) is 10.9. The number of benzene rings is 5. The molecule has 5 rings (SSSR count). The van der Waals surface area contributed by atoms with Crippen LogP contribution in [-0.4, -0.2) is 0 Å². The molecule has 5 aromatic carbocycles. The second-order valence-corrected chi connectivity index (χ2v) is 7.94. The SMILES string of the molecule is Brc1c(-c2cccc(-c3ccccc3)c2)cc2ccccc2c1-c1ccccc1. The average Bonchev–Trinajstić information content (AvgIpc) is 2.80. The van der Waals surface area contributed by atoms with Gasteiger partial charge < -0.3 is 0 Å². The number of rotatable bonds is 3. The topological polar surface area (TPSA) is 0 Å². The average molecular weight is 435 g/mol. The molecule has 0 amide bonds. The minimum Gasteiger partial charge on any atom is -0.0622 e. The molecule has 0 atom stereocenters. The molecule has 0 aliphatic rings. The van der Waals surface area contributed by atoms with E-state index in [1.165, 1.54) is 44.2 Å². The van der Waals surface area contributed by atoms with Crippen LogP contribution < -0.4 is 0 Å². The fourth-order valence-electron chi connectivity index (χ4n) is 3.92. The van der Waals surface area contributed by atoms with Gasteiger partial charge in [0.1, 0.15) is 0 Å². The molecule has 0 radical (unpaired) electrons. The monoisotopic (exact) mass is 434 g/mol. The Morgan fingerprint density at radius 1 is 0.448 bits per heavy atom. The van der Waals surface area contributed by atoms with E-state index in [-0.39, 0.29) is 0 Å². The van der Waals surface area contributed by atoms with E-state index in [0.717, 1.165) is 4.47 Å². The Kier molecular flexibility index (Phi) is 4.75. The molecule has 0 N–H and O–H groups in total. The van der Waals surface area contributed by atoms with E-state index >= 15 is 0 Å². The first-order valence-corrected chi connectivity index (χ1v) is 10.5. The van der Waals surface area contributed by atoms with Gasteiger partial charge in [-0.1, -0.05) is 103 Å². The zero-order chi connectivity index (χ0) is 19.6. The summed E-state index contributed by atoms with van der Waals surface area (Å²) in [6, 6.07) is 40.8. The van der Waals surface area contributed by atoms with Gasteiger partial charge in [0.15, 0.2) is 0 Å². The van der Waals surface area contributed by atoms with Gasteiger partial charge in [0.05, 0.1) is 0 Å². The molecule has 0 heterocycles. The number of fused-ring (bicyclic) bond motifs is 1. The summed E-state index contributed by atoms with van der Waals surface area (Å²) in [6.07, 6.45) is 0. The summed E-state index contributed by atoms with van der Waals surface area (Å²) >= 11 is 3.96. The fourth-order valence-corrected chi connectivity index (χ4v) is 4.70. The molecule has 0 aliphatic carbocycles. The molecule has 5 aromatic rings. The Bertz CT molecular complexity index is 1290. The Hall–Kier alpha value is -3.16. The van der Waals surface area contributed by atoms with Crippen LogP contribution in [0.4, 0.5) is 0 Å². The van der Waals surface area contributed by atoms with Gasteiger partial charge in [-0.3, -0.25) is 0 Å². The molecule has 1 heteroatoms. The van der Waals surface area contributed by atoms with E-state index in [0.29, 0.717) is 0 Å². The van der Waals surface area contributed by atoms with Crippen molar-refractivity contribution < 1.29 is 0 Å². The predicted molar refractivity (Wildman–Crippen MR) is 128 cm³/mol. The van der Waals surface area contributed by atoms with Crippen molar-refractivity contribution in [2.45, 2.75) is 0 Å². The summed E-state index contributed by atoms with van der Waals surface area (Å²) in [4.78, 5) is 0. The first-order chi connectivity index (χ1) is 14.3. The minimum absolute atomic E-state index is 1.13. The number of halogens is 1. The van der Waals surface area contributed by atoms with E-state index < -0.39 is 0 Å². The van der Waals surface area contributed by atoms with E-state index in [1.807, 2.05) is 0 Å². The fraction of sp³-hybridized carbons (Fsp3) is 0. The van der Waals surface area contributed by atoms with Crippen molar-refractivity contribution in [2.24, 2.45) is 0 Å². The van der Waals surface area contributed by atoms with Gasteiger partial charge >= 0.3 is 0 Å². The first kappa shape index (κ1) is 17.9. The van der Waals surface area contributed by atoms with Crippen molar-refractivity contribution in [1.29, 1.82) is 0 Å². The van der Waals surface area contributed by atoms with Crippen LogP contribution in [-0.2, 0) is 0 Å². The third-order valence-corrected chi connectivity index (χ3v) is 6.15. The maximum atomic E-state index is 3.96. The highest BCUT2D eigenvalue weighted by atomic mass is 79.9. The zero-order valence-corrected chi connectivity index (χ0v) is 17.4. The van der Waals surface area contributed by atoms with Crippen molar-refractivity contribution >= 4 is 26.7 Å². The van der Waals surface area contributed by atoms with Crippen molar-refractivity contribution in [3.8, 4) is 33.4 Å². The van der Waals surface area contributed by atoms with Gasteiger partial charge in [0.25, 0.3) is 0 Å². The predicted octanol–water partition coefficient (Wildman–Crippen LogP) is 8.60. The molecule has 0 fully saturated rings. The Labute approximate surface area is 179 Å². The molecule has 0 aliphatic heterocycles. The summed E-state index contributed by atoms with van der Waals surface area (Å²) in [7, 11) is 0. The summed E-state index contributed by atoms with van der Waals surface area (Å²) < 4.78 is 1.13. The lowest BCUT2D eigenvalue weighted by Crippen LogP contribution is -1.89. The summed E-state index contributed by atoms with van der Waals surface area (Å²) in [5.74, 6) is 0. The maximum Gasteiger partial charge on any atom is 0.0338 e. The summed E-state index contributed by atoms with van der Waals surface area (Å²) in [6.45, 7) is 0. The van der Waals surface area contributed by atoms with Crippen LogP contribution in [0.15, 0.2) is 120 Å². The van der Waals surface area contributed by atoms with E-state index in [1.54, 1.807) is 0 Å². The highest BCUT2D eigenvalue weighted by Crippen LogP contribution is 2.42. The van der Waals surface area contributed by atoms with Crippen LogP contribution in [0.25, 0.3) is 44.2 Å². The molecule has 0 nitrogen and oxygen atoms in total. The molecular weight excluding hydrogens is 416 g/mol.